The van der Waals surface area contributed by atoms with Crippen molar-refractivity contribution in [1.82, 2.24) is 10.2 Å². The predicted octanol–water partition coefficient (Wildman–Crippen LogP) is 4.97. The molecule has 0 heterocycles. The van der Waals surface area contributed by atoms with E-state index in [0.29, 0.717) is 16.8 Å². The number of benzene rings is 3. The number of sulfonamides is 1. The van der Waals surface area contributed by atoms with Crippen molar-refractivity contribution in [2.24, 2.45) is 0 Å². The first kappa shape index (κ1) is 29.8. The highest BCUT2D eigenvalue weighted by molar-refractivity contribution is 7.92. The molecule has 3 aromatic carbocycles. The number of nitrogens with one attached hydrogen (secondary N) is 1. The van der Waals surface area contributed by atoms with Crippen LogP contribution in [0.15, 0.2) is 77.7 Å². The Bertz CT molecular complexity index is 1420. The zero-order valence-corrected chi connectivity index (χ0v) is 24.0. The molecule has 0 fully saturated rings. The average Bonchev–Trinajstić information content (AvgIpc) is 2.86. The first-order chi connectivity index (χ1) is 18.2. The molecule has 39 heavy (non-hydrogen) atoms. The number of halogens is 1. The fraction of sp³-hybridized carbons (Fsp3) is 0.333. The van der Waals surface area contributed by atoms with E-state index in [2.05, 4.69) is 5.32 Å². The average molecular weight is 554 g/mol. The predicted molar refractivity (Wildman–Crippen MR) is 151 cm³/mol. The molecule has 0 saturated heterocycles. The summed E-state index contributed by atoms with van der Waals surface area (Å²) in [5.74, 6) is -1.39. The minimum absolute atomic E-state index is 0.00989. The maximum Gasteiger partial charge on any atom is 0.264 e. The molecule has 9 heteroatoms. The molecular weight excluding hydrogens is 517 g/mol. The molecule has 208 valence electrons. The van der Waals surface area contributed by atoms with Crippen LogP contribution >= 0.6 is 0 Å². The van der Waals surface area contributed by atoms with Crippen LogP contribution in [0.2, 0.25) is 0 Å². The van der Waals surface area contributed by atoms with Gasteiger partial charge in [0.1, 0.15) is 18.4 Å². The third-order valence-corrected chi connectivity index (χ3v) is 7.98. The number of amides is 2. The van der Waals surface area contributed by atoms with Gasteiger partial charge in [0.25, 0.3) is 10.0 Å². The largest absolute Gasteiger partial charge is 0.350 e. The summed E-state index contributed by atoms with van der Waals surface area (Å²) in [6, 6.07) is 18.0. The normalized spacial score (nSPS) is 12.5. The Hall–Kier alpha value is -3.72. The van der Waals surface area contributed by atoms with Crippen molar-refractivity contribution in [2.75, 3.05) is 10.8 Å². The third-order valence-electron chi connectivity index (χ3n) is 6.20. The molecule has 3 aromatic rings. The number of carbonyl (C=O) groups is 2. The number of rotatable bonds is 9. The molecule has 0 aliphatic heterocycles. The Kier molecular flexibility index (Phi) is 9.17. The summed E-state index contributed by atoms with van der Waals surface area (Å²) in [4.78, 5) is 28.4. The van der Waals surface area contributed by atoms with Gasteiger partial charge in [-0.25, -0.2) is 12.8 Å². The standard InChI is InChI=1S/C30H36FN3O4S/c1-21-11-17-26(18-12-21)39(37,38)34(27-10-8-7-9-22(27)2)20-28(35)33(19-24-13-15-25(31)16-14-24)23(3)29(36)32-30(4,5)6/h7-18,23H,19-20H2,1-6H3,(H,32,36)/t23-/m1/s1. The van der Waals surface area contributed by atoms with Crippen molar-refractivity contribution >= 4 is 27.5 Å². The second-order valence-corrected chi connectivity index (χ2v) is 12.5. The van der Waals surface area contributed by atoms with Gasteiger partial charge in [0, 0.05) is 12.1 Å². The lowest BCUT2D eigenvalue weighted by Crippen LogP contribution is -2.54. The van der Waals surface area contributed by atoms with Crippen LogP contribution in [-0.2, 0) is 26.2 Å². The smallest absolute Gasteiger partial charge is 0.264 e. The van der Waals surface area contributed by atoms with Crippen LogP contribution in [-0.4, -0.2) is 43.3 Å². The highest BCUT2D eigenvalue weighted by atomic mass is 32.2. The minimum Gasteiger partial charge on any atom is -0.350 e. The molecule has 0 saturated carbocycles. The molecule has 0 aromatic heterocycles. The van der Waals surface area contributed by atoms with E-state index in [-0.39, 0.29) is 17.3 Å². The number of hydrogen-bond acceptors (Lipinski definition) is 4. The first-order valence-corrected chi connectivity index (χ1v) is 14.1. The van der Waals surface area contributed by atoms with Crippen molar-refractivity contribution in [3.8, 4) is 0 Å². The van der Waals surface area contributed by atoms with Crippen LogP contribution < -0.4 is 9.62 Å². The Morgan fingerprint density at radius 1 is 0.923 bits per heavy atom. The maximum absolute atomic E-state index is 13.9. The van der Waals surface area contributed by atoms with Gasteiger partial charge < -0.3 is 10.2 Å². The summed E-state index contributed by atoms with van der Waals surface area (Å²) < 4.78 is 42.4. The molecule has 7 nitrogen and oxygen atoms in total. The lowest BCUT2D eigenvalue weighted by atomic mass is 10.1. The van der Waals surface area contributed by atoms with Crippen molar-refractivity contribution in [1.29, 1.82) is 0 Å². The summed E-state index contributed by atoms with van der Waals surface area (Å²) >= 11 is 0. The fourth-order valence-electron chi connectivity index (χ4n) is 4.04. The molecule has 2 amide bonds. The number of carbonyl (C=O) groups excluding carboxylic acids is 2. The lowest BCUT2D eigenvalue weighted by molar-refractivity contribution is -0.140. The van der Waals surface area contributed by atoms with Crippen molar-refractivity contribution in [2.45, 2.75) is 64.6 Å². The van der Waals surface area contributed by atoms with E-state index in [4.69, 9.17) is 0 Å². The zero-order valence-electron chi connectivity index (χ0n) is 23.2. The van der Waals surface area contributed by atoms with Crippen molar-refractivity contribution < 1.29 is 22.4 Å². The molecule has 0 bridgehead atoms. The molecule has 0 spiro atoms. The van der Waals surface area contributed by atoms with Crippen molar-refractivity contribution in [3.63, 3.8) is 0 Å². The van der Waals surface area contributed by atoms with Gasteiger partial charge in [0.2, 0.25) is 11.8 Å². The molecule has 0 aliphatic carbocycles. The highest BCUT2D eigenvalue weighted by Crippen LogP contribution is 2.27. The van der Waals surface area contributed by atoms with Gasteiger partial charge in [-0.15, -0.1) is 0 Å². The third kappa shape index (κ3) is 7.66. The molecule has 0 radical (unpaired) electrons. The van der Waals surface area contributed by atoms with Crippen LogP contribution in [0, 0.1) is 19.7 Å². The van der Waals surface area contributed by atoms with E-state index >= 15 is 0 Å². The Balaban J connectivity index is 2.04. The summed E-state index contributed by atoms with van der Waals surface area (Å²) in [5, 5.41) is 2.88. The van der Waals surface area contributed by atoms with Gasteiger partial charge in [-0.3, -0.25) is 13.9 Å². The quantitative estimate of drug-likeness (QED) is 0.405. The second kappa shape index (κ2) is 12.0. The van der Waals surface area contributed by atoms with Gasteiger partial charge in [-0.2, -0.15) is 0 Å². The van der Waals surface area contributed by atoms with E-state index in [1.807, 2.05) is 27.7 Å². The SMILES string of the molecule is Cc1ccc(S(=O)(=O)N(CC(=O)N(Cc2ccc(F)cc2)[C@H](C)C(=O)NC(C)(C)C)c2ccccc2C)cc1. The van der Waals surface area contributed by atoms with E-state index in [9.17, 15) is 22.4 Å². The molecule has 1 atom stereocenters. The van der Waals surface area contributed by atoms with Gasteiger partial charge >= 0.3 is 0 Å². The lowest BCUT2D eigenvalue weighted by Gasteiger charge is -2.33. The van der Waals surface area contributed by atoms with Gasteiger partial charge in [0.15, 0.2) is 0 Å². The van der Waals surface area contributed by atoms with Crippen LogP contribution in [0.1, 0.15) is 44.4 Å². The van der Waals surface area contributed by atoms with Crippen LogP contribution in [0.3, 0.4) is 0 Å². The van der Waals surface area contributed by atoms with E-state index in [0.717, 1.165) is 9.87 Å². The molecule has 0 unspecified atom stereocenters. The highest BCUT2D eigenvalue weighted by Gasteiger charge is 2.33. The Labute approximate surface area is 230 Å². The summed E-state index contributed by atoms with van der Waals surface area (Å²) in [5.41, 5.74) is 1.99. The molecule has 0 aliphatic rings. The molecular formula is C30H36FN3O4S. The summed E-state index contributed by atoms with van der Waals surface area (Å²) in [6.45, 7) is 10.2. The summed E-state index contributed by atoms with van der Waals surface area (Å²) in [6.07, 6.45) is 0. The van der Waals surface area contributed by atoms with Gasteiger partial charge in [0.05, 0.1) is 10.6 Å². The minimum atomic E-state index is -4.14. The van der Waals surface area contributed by atoms with Crippen LogP contribution in [0.5, 0.6) is 0 Å². The number of aryl methyl sites for hydroxylation is 2. The van der Waals surface area contributed by atoms with Crippen LogP contribution in [0.25, 0.3) is 0 Å². The molecule has 3 rings (SSSR count). The number of nitrogens with zero attached hydrogens (tertiary/aromatic N) is 2. The first-order valence-electron chi connectivity index (χ1n) is 12.7. The topological polar surface area (TPSA) is 86.8 Å². The Morgan fingerprint density at radius 2 is 1.51 bits per heavy atom. The fourth-order valence-corrected chi connectivity index (χ4v) is 5.52. The van der Waals surface area contributed by atoms with Gasteiger partial charge in [-0.05, 0) is 83.0 Å². The van der Waals surface area contributed by atoms with E-state index in [1.54, 1.807) is 50.2 Å². The van der Waals surface area contributed by atoms with E-state index < -0.39 is 39.9 Å². The molecule has 1 N–H and O–H groups in total. The number of anilines is 1. The number of para-hydroxylation sites is 1. The summed E-state index contributed by atoms with van der Waals surface area (Å²) in [7, 11) is -4.14. The Morgan fingerprint density at radius 3 is 2.08 bits per heavy atom. The zero-order chi connectivity index (χ0) is 29.0. The maximum atomic E-state index is 13.9. The van der Waals surface area contributed by atoms with Crippen molar-refractivity contribution in [3.05, 3.63) is 95.3 Å². The number of hydrogen-bond donors (Lipinski definition) is 1. The van der Waals surface area contributed by atoms with Gasteiger partial charge in [-0.1, -0.05) is 48.0 Å². The second-order valence-electron chi connectivity index (χ2n) is 10.7. The monoisotopic (exact) mass is 553 g/mol. The van der Waals surface area contributed by atoms with Crippen LogP contribution in [0.4, 0.5) is 10.1 Å². The van der Waals surface area contributed by atoms with E-state index in [1.165, 1.54) is 41.3 Å².